The van der Waals surface area contributed by atoms with Crippen molar-refractivity contribution in [3.63, 3.8) is 0 Å². The average Bonchev–Trinajstić information content (AvgIpc) is 3.31. The fourth-order valence-electron chi connectivity index (χ4n) is 3.00. The van der Waals surface area contributed by atoms with Crippen molar-refractivity contribution in [2.75, 3.05) is 25.1 Å². The first-order valence-electron chi connectivity index (χ1n) is 7.47. The number of carbonyl (C=O) groups excluding carboxylic acids is 1. The quantitative estimate of drug-likeness (QED) is 0.692. The fourth-order valence-corrected chi connectivity index (χ4v) is 3.87. The second-order valence-electron chi connectivity index (χ2n) is 5.54. The summed E-state index contributed by atoms with van der Waals surface area (Å²) in [4.78, 5) is 18.7. The molecule has 1 aromatic carbocycles. The third kappa shape index (κ3) is 2.46. The summed E-state index contributed by atoms with van der Waals surface area (Å²) < 4.78 is 6.84. The van der Waals surface area contributed by atoms with Crippen LogP contribution < -0.4 is 4.90 Å². The number of hydrogen-bond acceptors (Lipinski definition) is 6. The summed E-state index contributed by atoms with van der Waals surface area (Å²) >= 11 is 1.38. The molecule has 6 nitrogen and oxygen atoms in total. The van der Waals surface area contributed by atoms with E-state index in [9.17, 15) is 4.79 Å². The Labute approximate surface area is 137 Å². The van der Waals surface area contributed by atoms with Crippen molar-refractivity contribution in [3.05, 3.63) is 41.5 Å². The molecule has 0 bridgehead atoms. The summed E-state index contributed by atoms with van der Waals surface area (Å²) in [5, 5.41) is 6.58. The predicted octanol–water partition coefficient (Wildman–Crippen LogP) is 2.73. The number of hydrogen-bond donors (Lipinski definition) is 0. The van der Waals surface area contributed by atoms with Crippen molar-refractivity contribution in [1.82, 2.24) is 14.8 Å². The number of nitrogens with zero attached hydrogens (tertiary/aromatic N) is 4. The second kappa shape index (κ2) is 5.66. The standard InChI is InChI=1S/C16H16N4O2S/c1-22-15(21)14-9-17-16(23-14)19-7-6-12(10-19)20-13-5-3-2-4-11(13)8-18-20/h2-5,8-9,12H,6-7,10H2,1H3. The molecule has 0 radical (unpaired) electrons. The lowest BCUT2D eigenvalue weighted by atomic mass is 10.2. The zero-order valence-electron chi connectivity index (χ0n) is 12.7. The van der Waals surface area contributed by atoms with Gasteiger partial charge in [0.1, 0.15) is 4.88 Å². The van der Waals surface area contributed by atoms with Crippen molar-refractivity contribution >= 4 is 33.3 Å². The Morgan fingerprint density at radius 2 is 2.22 bits per heavy atom. The number of rotatable bonds is 3. The lowest BCUT2D eigenvalue weighted by molar-refractivity contribution is 0.0606. The molecule has 1 saturated heterocycles. The van der Waals surface area contributed by atoms with Crippen LogP contribution in [-0.2, 0) is 4.74 Å². The smallest absolute Gasteiger partial charge is 0.349 e. The van der Waals surface area contributed by atoms with Crippen LogP contribution in [0.5, 0.6) is 0 Å². The van der Waals surface area contributed by atoms with Gasteiger partial charge in [-0.2, -0.15) is 5.10 Å². The molecule has 1 atom stereocenters. The van der Waals surface area contributed by atoms with Crippen LogP contribution in [0.25, 0.3) is 10.9 Å². The van der Waals surface area contributed by atoms with Gasteiger partial charge in [0, 0.05) is 18.5 Å². The third-order valence-electron chi connectivity index (χ3n) is 4.16. The summed E-state index contributed by atoms with van der Waals surface area (Å²) in [6.07, 6.45) is 4.51. The van der Waals surface area contributed by atoms with Gasteiger partial charge < -0.3 is 9.64 Å². The zero-order valence-corrected chi connectivity index (χ0v) is 13.5. The van der Waals surface area contributed by atoms with Crippen molar-refractivity contribution in [3.8, 4) is 0 Å². The van der Waals surface area contributed by atoms with Crippen LogP contribution in [0.2, 0.25) is 0 Å². The number of carbonyl (C=O) groups is 1. The highest BCUT2D eigenvalue weighted by Crippen LogP contribution is 2.31. The Hall–Kier alpha value is -2.41. The minimum absolute atomic E-state index is 0.320. The Morgan fingerprint density at radius 3 is 3.09 bits per heavy atom. The normalized spacial score (nSPS) is 17.8. The lowest BCUT2D eigenvalue weighted by Gasteiger charge is -2.15. The van der Waals surface area contributed by atoms with Crippen LogP contribution in [0.3, 0.4) is 0 Å². The van der Waals surface area contributed by atoms with Gasteiger partial charge in [-0.1, -0.05) is 29.5 Å². The first kappa shape index (κ1) is 14.2. The summed E-state index contributed by atoms with van der Waals surface area (Å²) in [6.45, 7) is 1.76. The molecule has 118 valence electrons. The maximum Gasteiger partial charge on any atom is 0.349 e. The maximum absolute atomic E-state index is 11.6. The van der Waals surface area contributed by atoms with Crippen molar-refractivity contribution in [1.29, 1.82) is 0 Å². The van der Waals surface area contributed by atoms with Gasteiger partial charge in [0.05, 0.1) is 31.1 Å². The number of anilines is 1. The van der Waals surface area contributed by atoms with E-state index in [0.29, 0.717) is 10.9 Å². The third-order valence-corrected chi connectivity index (χ3v) is 5.20. The number of fused-ring (bicyclic) bond motifs is 1. The molecule has 4 rings (SSSR count). The molecule has 2 aromatic heterocycles. The Balaban J connectivity index is 1.55. The predicted molar refractivity (Wildman–Crippen MR) is 89.1 cm³/mol. The molecule has 1 aliphatic heterocycles. The van der Waals surface area contributed by atoms with Crippen LogP contribution >= 0.6 is 11.3 Å². The van der Waals surface area contributed by atoms with Gasteiger partial charge in [-0.05, 0) is 12.5 Å². The van der Waals surface area contributed by atoms with E-state index in [2.05, 4.69) is 31.8 Å². The highest BCUT2D eigenvalue weighted by molar-refractivity contribution is 7.17. The van der Waals surface area contributed by atoms with Crippen LogP contribution in [0, 0.1) is 0 Å². The van der Waals surface area contributed by atoms with E-state index in [0.717, 1.165) is 35.5 Å². The highest BCUT2D eigenvalue weighted by Gasteiger charge is 2.27. The Morgan fingerprint density at radius 1 is 1.35 bits per heavy atom. The maximum atomic E-state index is 11.6. The van der Waals surface area contributed by atoms with Gasteiger partial charge in [-0.3, -0.25) is 4.68 Å². The Kier molecular flexibility index (Phi) is 3.49. The molecule has 3 heterocycles. The largest absolute Gasteiger partial charge is 0.465 e. The summed E-state index contributed by atoms with van der Waals surface area (Å²) in [7, 11) is 1.39. The van der Waals surface area contributed by atoms with Gasteiger partial charge in [0.15, 0.2) is 5.13 Å². The van der Waals surface area contributed by atoms with E-state index in [1.165, 1.54) is 18.4 Å². The van der Waals surface area contributed by atoms with Gasteiger partial charge >= 0.3 is 5.97 Å². The number of methoxy groups -OCH3 is 1. The topological polar surface area (TPSA) is 60.2 Å². The van der Waals surface area contributed by atoms with Crippen LogP contribution in [-0.4, -0.2) is 40.9 Å². The average molecular weight is 328 g/mol. The molecule has 0 amide bonds. The van der Waals surface area contributed by atoms with Crippen LogP contribution in [0.1, 0.15) is 22.1 Å². The first-order valence-corrected chi connectivity index (χ1v) is 8.29. The van der Waals surface area contributed by atoms with E-state index < -0.39 is 0 Å². The molecular weight excluding hydrogens is 312 g/mol. The molecule has 7 heteroatoms. The molecule has 0 aliphatic carbocycles. The van der Waals surface area contributed by atoms with Crippen molar-refractivity contribution in [2.24, 2.45) is 0 Å². The molecule has 3 aromatic rings. The van der Waals surface area contributed by atoms with Crippen molar-refractivity contribution < 1.29 is 9.53 Å². The van der Waals surface area contributed by atoms with Crippen LogP contribution in [0.4, 0.5) is 5.13 Å². The Bertz CT molecular complexity index is 857. The van der Waals surface area contributed by atoms with E-state index in [1.807, 2.05) is 18.3 Å². The first-order chi connectivity index (χ1) is 11.3. The fraction of sp³-hybridized carbons (Fsp3) is 0.312. The summed E-state index contributed by atoms with van der Waals surface area (Å²) in [5.41, 5.74) is 1.16. The summed E-state index contributed by atoms with van der Waals surface area (Å²) in [5.74, 6) is -0.331. The number of thiazole rings is 1. The molecule has 23 heavy (non-hydrogen) atoms. The van der Waals surface area contributed by atoms with Crippen LogP contribution in [0.15, 0.2) is 36.7 Å². The molecule has 1 fully saturated rings. The number of esters is 1. The second-order valence-corrected chi connectivity index (χ2v) is 6.54. The monoisotopic (exact) mass is 328 g/mol. The number of ether oxygens (including phenoxy) is 1. The van der Waals surface area contributed by atoms with Crippen molar-refractivity contribution in [2.45, 2.75) is 12.5 Å². The molecule has 0 N–H and O–H groups in total. The van der Waals surface area contributed by atoms with E-state index in [4.69, 9.17) is 4.74 Å². The molecule has 1 unspecified atom stereocenters. The minimum atomic E-state index is -0.331. The molecule has 0 saturated carbocycles. The van der Waals surface area contributed by atoms with E-state index in [1.54, 1.807) is 6.20 Å². The van der Waals surface area contributed by atoms with Gasteiger partial charge in [-0.25, -0.2) is 9.78 Å². The number of para-hydroxylation sites is 1. The van der Waals surface area contributed by atoms with E-state index in [-0.39, 0.29) is 5.97 Å². The number of benzene rings is 1. The van der Waals surface area contributed by atoms with Gasteiger partial charge in [0.2, 0.25) is 0 Å². The summed E-state index contributed by atoms with van der Waals surface area (Å²) in [6, 6.07) is 8.56. The molecule has 1 aliphatic rings. The SMILES string of the molecule is COC(=O)c1cnc(N2CCC(n3ncc4ccccc43)C2)s1. The van der Waals surface area contributed by atoms with Gasteiger partial charge in [0.25, 0.3) is 0 Å². The molecular formula is C16H16N4O2S. The minimum Gasteiger partial charge on any atom is -0.465 e. The zero-order chi connectivity index (χ0) is 15.8. The molecule has 0 spiro atoms. The van der Waals surface area contributed by atoms with Gasteiger partial charge in [-0.15, -0.1) is 0 Å². The lowest BCUT2D eigenvalue weighted by Crippen LogP contribution is -2.21. The van der Waals surface area contributed by atoms with E-state index >= 15 is 0 Å². The number of aromatic nitrogens is 3. The highest BCUT2D eigenvalue weighted by atomic mass is 32.1.